The Morgan fingerprint density at radius 2 is 1.81 bits per heavy atom. The lowest BCUT2D eigenvalue weighted by atomic mass is 10.3. The van der Waals surface area contributed by atoms with Gasteiger partial charge in [-0.1, -0.05) is 0 Å². The molecule has 0 spiro atoms. The summed E-state index contributed by atoms with van der Waals surface area (Å²) in [5.41, 5.74) is 0. The predicted octanol–water partition coefficient (Wildman–Crippen LogP) is 2.84. The van der Waals surface area contributed by atoms with Gasteiger partial charge in [0.2, 0.25) is 0 Å². The van der Waals surface area contributed by atoms with Crippen molar-refractivity contribution >= 4 is 8.53 Å². The monoisotopic (exact) mass is 248 g/mol. The van der Waals surface area contributed by atoms with Crippen LogP contribution >= 0.6 is 8.53 Å². The summed E-state index contributed by atoms with van der Waals surface area (Å²) in [5.74, 6) is 0. The average molecular weight is 248 g/mol. The van der Waals surface area contributed by atoms with Crippen molar-refractivity contribution in [2.45, 2.75) is 46.2 Å². The minimum absolute atomic E-state index is 0.295. The summed E-state index contributed by atoms with van der Waals surface area (Å²) in [5, 5.41) is 8.46. The second kappa shape index (κ2) is 8.86. The van der Waals surface area contributed by atoms with Gasteiger partial charge in [0, 0.05) is 12.1 Å². The molecule has 0 aromatic carbocycles. The Morgan fingerprint density at radius 3 is 2.19 bits per heavy atom. The second-order valence-corrected chi connectivity index (χ2v) is 5.13. The minimum Gasteiger partial charge on any atom is -0.319 e. The summed E-state index contributed by atoms with van der Waals surface area (Å²) in [6.07, 6.45) is 0.357. The van der Waals surface area contributed by atoms with E-state index in [1.54, 1.807) is 0 Å². The van der Waals surface area contributed by atoms with Crippen molar-refractivity contribution in [1.82, 2.24) is 4.67 Å². The summed E-state index contributed by atoms with van der Waals surface area (Å²) in [6, 6.07) is 2.62. The molecule has 0 aliphatic carbocycles. The molecule has 0 amide bonds. The lowest BCUT2D eigenvalue weighted by Gasteiger charge is -2.34. The molecule has 0 aromatic heterocycles. The lowest BCUT2D eigenvalue weighted by molar-refractivity contribution is -0.186. The van der Waals surface area contributed by atoms with Crippen LogP contribution in [0.5, 0.6) is 0 Å². The molecule has 0 rings (SSSR count). The third-order valence-corrected chi connectivity index (χ3v) is 3.78. The lowest BCUT2D eigenvalue weighted by Crippen LogP contribution is -2.33. The van der Waals surface area contributed by atoms with E-state index < -0.39 is 8.53 Å². The van der Waals surface area contributed by atoms with Crippen LogP contribution in [0.1, 0.15) is 34.1 Å². The Labute approximate surface area is 99.2 Å². The largest absolute Gasteiger partial charge is 0.319 e. The van der Waals surface area contributed by atoms with Gasteiger partial charge in [-0.2, -0.15) is 9.94 Å². The first-order valence-corrected chi connectivity index (χ1v) is 6.46. The molecule has 1 atom stereocenters. The number of hydrogen-bond acceptors (Lipinski definition) is 5. The van der Waals surface area contributed by atoms with Gasteiger partial charge in [0.25, 0.3) is 8.53 Å². The van der Waals surface area contributed by atoms with Crippen LogP contribution < -0.4 is 0 Å². The smallest absolute Gasteiger partial charge is 0.292 e. The van der Waals surface area contributed by atoms with Crippen molar-refractivity contribution in [3.63, 3.8) is 0 Å². The standard InChI is InChI=1S/C10H21N2O3P/c1-9(2)12(10(3)4)16(15-13-5)14-8-6-7-11/h9-10H,6,8H2,1-5H3. The number of hydrogen-bond donors (Lipinski definition) is 0. The van der Waals surface area contributed by atoms with Crippen LogP contribution in [0.25, 0.3) is 0 Å². The minimum atomic E-state index is -1.25. The van der Waals surface area contributed by atoms with Crippen LogP contribution in [-0.2, 0) is 14.1 Å². The summed E-state index contributed by atoms with van der Waals surface area (Å²) < 4.78 is 12.8. The third-order valence-electron chi connectivity index (χ3n) is 1.80. The van der Waals surface area contributed by atoms with Crippen LogP contribution in [0.4, 0.5) is 0 Å². The first-order valence-electron chi connectivity index (χ1n) is 5.33. The Hall–Kier alpha value is -0.240. The fourth-order valence-electron chi connectivity index (χ4n) is 1.33. The summed E-state index contributed by atoms with van der Waals surface area (Å²) in [7, 11) is 0.205. The molecule has 0 saturated carbocycles. The number of nitrogens with zero attached hydrogens (tertiary/aromatic N) is 2. The zero-order chi connectivity index (χ0) is 12.6. The topological polar surface area (TPSA) is 54.7 Å². The van der Waals surface area contributed by atoms with E-state index in [4.69, 9.17) is 19.3 Å². The maximum atomic E-state index is 8.46. The molecule has 0 aliphatic rings. The van der Waals surface area contributed by atoms with Crippen molar-refractivity contribution in [2.24, 2.45) is 0 Å². The second-order valence-electron chi connectivity index (χ2n) is 3.79. The zero-order valence-corrected chi connectivity index (χ0v) is 11.5. The molecule has 16 heavy (non-hydrogen) atoms. The van der Waals surface area contributed by atoms with Crippen LogP contribution in [0.3, 0.4) is 0 Å². The van der Waals surface area contributed by atoms with Gasteiger partial charge in [-0.25, -0.2) is 9.56 Å². The highest BCUT2D eigenvalue weighted by Crippen LogP contribution is 2.45. The van der Waals surface area contributed by atoms with Crippen LogP contribution in [0, 0.1) is 11.3 Å². The van der Waals surface area contributed by atoms with Gasteiger partial charge in [0.05, 0.1) is 26.2 Å². The van der Waals surface area contributed by atoms with Gasteiger partial charge in [-0.05, 0) is 27.7 Å². The summed E-state index contributed by atoms with van der Waals surface area (Å²) >= 11 is 0. The molecule has 6 heteroatoms. The van der Waals surface area contributed by atoms with Crippen LogP contribution in [-0.4, -0.2) is 30.5 Å². The van der Waals surface area contributed by atoms with E-state index in [0.717, 1.165) is 0 Å². The fourth-order valence-corrected chi connectivity index (χ4v) is 2.72. The molecule has 0 N–H and O–H groups in total. The molecule has 94 valence electrons. The highest BCUT2D eigenvalue weighted by Gasteiger charge is 2.27. The van der Waals surface area contributed by atoms with E-state index in [-0.39, 0.29) is 0 Å². The number of rotatable bonds is 8. The molecule has 1 unspecified atom stereocenters. The molecular formula is C10H21N2O3P. The number of nitriles is 1. The van der Waals surface area contributed by atoms with Gasteiger partial charge in [0.1, 0.15) is 0 Å². The van der Waals surface area contributed by atoms with E-state index in [1.807, 2.05) is 6.07 Å². The quantitative estimate of drug-likeness (QED) is 0.286. The zero-order valence-electron chi connectivity index (χ0n) is 10.6. The van der Waals surface area contributed by atoms with Crippen molar-refractivity contribution in [1.29, 1.82) is 5.26 Å². The van der Waals surface area contributed by atoms with Crippen molar-refractivity contribution in [3.05, 3.63) is 0 Å². The Kier molecular flexibility index (Phi) is 8.73. The van der Waals surface area contributed by atoms with Gasteiger partial charge in [0.15, 0.2) is 0 Å². The first-order chi connectivity index (χ1) is 7.54. The van der Waals surface area contributed by atoms with Gasteiger partial charge in [-0.15, -0.1) is 0 Å². The molecule has 0 heterocycles. The predicted molar refractivity (Wildman–Crippen MR) is 63.3 cm³/mol. The van der Waals surface area contributed by atoms with Gasteiger partial charge in [-0.3, -0.25) is 0 Å². The van der Waals surface area contributed by atoms with E-state index in [2.05, 4.69) is 32.4 Å². The highest BCUT2D eigenvalue weighted by atomic mass is 31.2. The first kappa shape index (κ1) is 15.8. The molecular weight excluding hydrogens is 227 g/mol. The average Bonchev–Trinajstić information content (AvgIpc) is 2.17. The maximum Gasteiger partial charge on any atom is 0.292 e. The molecule has 0 radical (unpaired) electrons. The Morgan fingerprint density at radius 1 is 1.25 bits per heavy atom. The van der Waals surface area contributed by atoms with Crippen molar-refractivity contribution in [3.8, 4) is 6.07 Å². The fraction of sp³-hybridized carbons (Fsp3) is 0.900. The molecule has 0 fully saturated rings. The molecule has 0 bridgehead atoms. The van der Waals surface area contributed by atoms with E-state index in [1.165, 1.54) is 7.11 Å². The summed E-state index contributed by atoms with van der Waals surface area (Å²) in [6.45, 7) is 8.65. The molecule has 0 aromatic rings. The van der Waals surface area contributed by atoms with Crippen LogP contribution in [0.2, 0.25) is 0 Å². The van der Waals surface area contributed by atoms with E-state index in [0.29, 0.717) is 25.1 Å². The van der Waals surface area contributed by atoms with Gasteiger partial charge < -0.3 is 4.52 Å². The SMILES string of the molecule is COOP(OCCC#N)N(C(C)C)C(C)C. The maximum absolute atomic E-state index is 8.46. The Balaban J connectivity index is 4.39. The van der Waals surface area contributed by atoms with E-state index in [9.17, 15) is 0 Å². The Bertz CT molecular complexity index is 211. The van der Waals surface area contributed by atoms with Crippen molar-refractivity contribution in [2.75, 3.05) is 13.7 Å². The summed E-state index contributed by atoms with van der Waals surface area (Å²) in [4.78, 5) is 4.70. The normalized spacial score (nSPS) is 13.4. The molecule has 0 aliphatic heterocycles. The molecule has 0 saturated heterocycles. The third kappa shape index (κ3) is 5.74. The van der Waals surface area contributed by atoms with E-state index >= 15 is 0 Å². The molecule has 5 nitrogen and oxygen atoms in total. The van der Waals surface area contributed by atoms with Gasteiger partial charge >= 0.3 is 0 Å². The highest BCUT2D eigenvalue weighted by molar-refractivity contribution is 7.44. The van der Waals surface area contributed by atoms with Crippen molar-refractivity contribution < 1.29 is 14.1 Å². The van der Waals surface area contributed by atoms with Crippen LogP contribution in [0.15, 0.2) is 0 Å².